The number of carbonyl (C=O) groups excluding carboxylic acids is 1. The third-order valence-corrected chi connectivity index (χ3v) is 2.93. The summed E-state index contributed by atoms with van der Waals surface area (Å²) in [4.78, 5) is 12.0. The molecule has 6 heteroatoms. The van der Waals surface area contributed by atoms with Gasteiger partial charge in [-0.2, -0.15) is 5.10 Å². The Balaban J connectivity index is 1.90. The van der Waals surface area contributed by atoms with Crippen LogP contribution in [0.5, 0.6) is 5.75 Å². The minimum atomic E-state index is -0.157. The number of nitrogens with one attached hydrogen (secondary N) is 1. The van der Waals surface area contributed by atoms with E-state index < -0.39 is 0 Å². The predicted octanol–water partition coefficient (Wildman–Crippen LogP) is 0.983. The summed E-state index contributed by atoms with van der Waals surface area (Å²) in [5.41, 5.74) is 7.69. The monoisotopic (exact) mass is 274 g/mol. The van der Waals surface area contributed by atoms with Crippen LogP contribution in [0.4, 0.5) is 5.69 Å². The zero-order chi connectivity index (χ0) is 14.5. The minimum Gasteiger partial charge on any atom is -0.495 e. The first-order valence-electron chi connectivity index (χ1n) is 6.30. The maximum absolute atomic E-state index is 12.0. The first-order valence-corrected chi connectivity index (χ1v) is 6.30. The molecule has 0 atom stereocenters. The molecule has 0 bridgehead atoms. The summed E-state index contributed by atoms with van der Waals surface area (Å²) >= 11 is 0. The Bertz CT molecular complexity index is 607. The Morgan fingerprint density at radius 2 is 2.25 bits per heavy atom. The number of amides is 1. The summed E-state index contributed by atoms with van der Waals surface area (Å²) in [6, 6.07) is 6.90. The van der Waals surface area contributed by atoms with E-state index in [-0.39, 0.29) is 5.91 Å². The highest BCUT2D eigenvalue weighted by molar-refractivity contribution is 5.95. The van der Waals surface area contributed by atoms with Crippen molar-refractivity contribution in [1.82, 2.24) is 15.1 Å². The summed E-state index contributed by atoms with van der Waals surface area (Å²) in [5.74, 6) is 0.408. The molecule has 3 N–H and O–H groups in total. The van der Waals surface area contributed by atoms with Crippen molar-refractivity contribution in [2.24, 2.45) is 7.05 Å². The van der Waals surface area contributed by atoms with Crippen molar-refractivity contribution in [2.45, 2.75) is 6.42 Å². The topological polar surface area (TPSA) is 82.2 Å². The van der Waals surface area contributed by atoms with Crippen LogP contribution >= 0.6 is 0 Å². The smallest absolute Gasteiger partial charge is 0.251 e. The molecule has 0 aliphatic rings. The van der Waals surface area contributed by atoms with Crippen molar-refractivity contribution in [3.05, 3.63) is 41.7 Å². The molecular weight excluding hydrogens is 256 g/mol. The SMILES string of the molecule is COc1ccc(C(=O)NCCc2ccn(C)n2)cc1N. The number of aromatic nitrogens is 2. The third kappa shape index (κ3) is 3.28. The number of nitrogens with two attached hydrogens (primary N) is 1. The Morgan fingerprint density at radius 3 is 2.85 bits per heavy atom. The van der Waals surface area contributed by atoms with Crippen LogP contribution in [0.1, 0.15) is 16.1 Å². The molecule has 0 spiro atoms. The highest BCUT2D eigenvalue weighted by Crippen LogP contribution is 2.21. The van der Waals surface area contributed by atoms with Crippen LogP contribution in [0.2, 0.25) is 0 Å². The molecular formula is C14H18N4O2. The van der Waals surface area contributed by atoms with Crippen LogP contribution in [0.25, 0.3) is 0 Å². The minimum absolute atomic E-state index is 0.157. The Labute approximate surface area is 117 Å². The normalized spacial score (nSPS) is 10.3. The molecule has 1 aromatic heterocycles. The van der Waals surface area contributed by atoms with E-state index in [0.717, 1.165) is 5.69 Å². The van der Waals surface area contributed by atoms with E-state index >= 15 is 0 Å². The quantitative estimate of drug-likeness (QED) is 0.796. The highest BCUT2D eigenvalue weighted by Gasteiger charge is 2.08. The van der Waals surface area contributed by atoms with Gasteiger partial charge in [0.2, 0.25) is 0 Å². The van der Waals surface area contributed by atoms with Crippen LogP contribution in [-0.4, -0.2) is 29.3 Å². The van der Waals surface area contributed by atoms with E-state index in [9.17, 15) is 4.79 Å². The van der Waals surface area contributed by atoms with E-state index in [4.69, 9.17) is 10.5 Å². The fourth-order valence-electron chi connectivity index (χ4n) is 1.88. The lowest BCUT2D eigenvalue weighted by Crippen LogP contribution is -2.25. The van der Waals surface area contributed by atoms with Gasteiger partial charge in [-0.3, -0.25) is 9.48 Å². The Hall–Kier alpha value is -2.50. The summed E-state index contributed by atoms with van der Waals surface area (Å²) in [7, 11) is 3.40. The predicted molar refractivity (Wildman–Crippen MR) is 76.7 cm³/mol. The van der Waals surface area contributed by atoms with Crippen LogP contribution in [0, 0.1) is 0 Å². The zero-order valence-corrected chi connectivity index (χ0v) is 11.6. The summed E-state index contributed by atoms with van der Waals surface area (Å²) in [6.45, 7) is 0.530. The van der Waals surface area contributed by atoms with Crippen LogP contribution in [-0.2, 0) is 13.5 Å². The van der Waals surface area contributed by atoms with E-state index in [1.165, 1.54) is 7.11 Å². The van der Waals surface area contributed by atoms with Crippen molar-refractivity contribution >= 4 is 11.6 Å². The van der Waals surface area contributed by atoms with Crippen molar-refractivity contribution in [3.63, 3.8) is 0 Å². The number of nitrogens with zero attached hydrogens (tertiary/aromatic N) is 2. The molecule has 2 aromatic rings. The number of anilines is 1. The highest BCUT2D eigenvalue weighted by atomic mass is 16.5. The third-order valence-electron chi connectivity index (χ3n) is 2.93. The van der Waals surface area contributed by atoms with Gasteiger partial charge in [-0.15, -0.1) is 0 Å². The average Bonchev–Trinajstić information content (AvgIpc) is 2.84. The van der Waals surface area contributed by atoms with Gasteiger partial charge in [0.05, 0.1) is 18.5 Å². The fraction of sp³-hybridized carbons (Fsp3) is 0.286. The Morgan fingerprint density at radius 1 is 1.45 bits per heavy atom. The molecule has 1 aromatic carbocycles. The molecule has 1 heterocycles. The molecule has 0 aliphatic carbocycles. The van der Waals surface area contributed by atoms with Gasteiger partial charge >= 0.3 is 0 Å². The van der Waals surface area contributed by atoms with Gasteiger partial charge in [0.1, 0.15) is 5.75 Å². The molecule has 0 radical (unpaired) electrons. The summed E-state index contributed by atoms with van der Waals surface area (Å²) in [5, 5.41) is 7.08. The van der Waals surface area contributed by atoms with Crippen molar-refractivity contribution in [3.8, 4) is 5.75 Å². The standard InChI is InChI=1S/C14H18N4O2/c1-18-8-6-11(17-18)5-7-16-14(19)10-3-4-13(20-2)12(15)9-10/h3-4,6,8-9H,5,7,15H2,1-2H3,(H,16,19). The zero-order valence-electron chi connectivity index (χ0n) is 11.6. The first kappa shape index (κ1) is 13.9. The van der Waals surface area contributed by atoms with Gasteiger partial charge < -0.3 is 15.8 Å². The molecule has 2 rings (SSSR count). The molecule has 20 heavy (non-hydrogen) atoms. The van der Waals surface area contributed by atoms with E-state index in [0.29, 0.717) is 30.0 Å². The number of ether oxygens (including phenoxy) is 1. The lowest BCUT2D eigenvalue weighted by Gasteiger charge is -2.07. The van der Waals surface area contributed by atoms with Gasteiger partial charge in [-0.05, 0) is 24.3 Å². The lowest BCUT2D eigenvalue weighted by molar-refractivity contribution is 0.0954. The molecule has 6 nitrogen and oxygen atoms in total. The number of rotatable bonds is 5. The fourth-order valence-corrected chi connectivity index (χ4v) is 1.88. The molecule has 0 saturated heterocycles. The average molecular weight is 274 g/mol. The maximum Gasteiger partial charge on any atom is 0.251 e. The number of carbonyl (C=O) groups is 1. The molecule has 1 amide bonds. The second-order valence-corrected chi connectivity index (χ2v) is 4.44. The van der Waals surface area contributed by atoms with Crippen molar-refractivity contribution in [1.29, 1.82) is 0 Å². The van der Waals surface area contributed by atoms with E-state index in [2.05, 4.69) is 10.4 Å². The van der Waals surface area contributed by atoms with Crippen LogP contribution in [0.3, 0.4) is 0 Å². The number of nitrogen functional groups attached to an aromatic ring is 1. The number of aryl methyl sites for hydroxylation is 1. The summed E-state index contributed by atoms with van der Waals surface area (Å²) in [6.07, 6.45) is 2.57. The number of benzene rings is 1. The molecule has 0 saturated carbocycles. The largest absolute Gasteiger partial charge is 0.495 e. The molecule has 106 valence electrons. The molecule has 0 unspecified atom stereocenters. The van der Waals surface area contributed by atoms with Crippen molar-refractivity contribution in [2.75, 3.05) is 19.4 Å². The van der Waals surface area contributed by atoms with Crippen molar-refractivity contribution < 1.29 is 9.53 Å². The van der Waals surface area contributed by atoms with Gasteiger partial charge in [0, 0.05) is 31.8 Å². The number of methoxy groups -OCH3 is 1. The van der Waals surface area contributed by atoms with Gasteiger partial charge in [-0.25, -0.2) is 0 Å². The van der Waals surface area contributed by atoms with E-state index in [1.807, 2.05) is 19.3 Å². The first-order chi connectivity index (χ1) is 9.60. The van der Waals surface area contributed by atoms with E-state index in [1.54, 1.807) is 22.9 Å². The summed E-state index contributed by atoms with van der Waals surface area (Å²) < 4.78 is 6.79. The van der Waals surface area contributed by atoms with Crippen LogP contribution in [0.15, 0.2) is 30.5 Å². The Kier molecular flexibility index (Phi) is 4.24. The second-order valence-electron chi connectivity index (χ2n) is 4.44. The molecule has 0 fully saturated rings. The van der Waals surface area contributed by atoms with Crippen LogP contribution < -0.4 is 15.8 Å². The number of hydrogen-bond donors (Lipinski definition) is 2. The van der Waals surface area contributed by atoms with Gasteiger partial charge in [0.25, 0.3) is 5.91 Å². The molecule has 0 aliphatic heterocycles. The number of hydrogen-bond acceptors (Lipinski definition) is 4. The van der Waals surface area contributed by atoms with Gasteiger partial charge in [0.15, 0.2) is 0 Å². The lowest BCUT2D eigenvalue weighted by atomic mass is 10.1. The second kappa shape index (κ2) is 6.10. The maximum atomic E-state index is 12.0. The van der Waals surface area contributed by atoms with Gasteiger partial charge in [-0.1, -0.05) is 0 Å².